The van der Waals surface area contributed by atoms with Crippen molar-refractivity contribution < 1.29 is 0 Å². The van der Waals surface area contributed by atoms with Crippen LogP contribution in [0.2, 0.25) is 0 Å². The summed E-state index contributed by atoms with van der Waals surface area (Å²) in [6, 6.07) is 14.4. The largest absolute Gasteiger partial charge is 0.307 e. The molecule has 0 amide bonds. The van der Waals surface area contributed by atoms with Gasteiger partial charge in [-0.1, -0.05) is 35.9 Å². The normalized spacial score (nSPS) is 10.7. The summed E-state index contributed by atoms with van der Waals surface area (Å²) in [5.41, 5.74) is 5.69. The van der Waals surface area contributed by atoms with E-state index in [2.05, 4.69) is 51.7 Å². The molecule has 0 bridgehead atoms. The van der Waals surface area contributed by atoms with E-state index in [1.807, 2.05) is 30.6 Å². The first-order valence-electron chi connectivity index (χ1n) is 7.03. The van der Waals surface area contributed by atoms with E-state index in [0.717, 1.165) is 35.6 Å². The van der Waals surface area contributed by atoms with Crippen LogP contribution in [0.5, 0.6) is 0 Å². The molecule has 0 atom stereocenters. The van der Waals surface area contributed by atoms with Crippen molar-refractivity contribution in [1.29, 1.82) is 0 Å². The molecule has 2 N–H and O–H groups in total. The molecule has 21 heavy (non-hydrogen) atoms. The second kappa shape index (κ2) is 6.33. The summed E-state index contributed by atoms with van der Waals surface area (Å²) >= 11 is 0. The van der Waals surface area contributed by atoms with Gasteiger partial charge in [-0.2, -0.15) is 5.10 Å². The first kappa shape index (κ1) is 13.5. The van der Waals surface area contributed by atoms with E-state index in [9.17, 15) is 0 Å². The number of aryl methyl sites for hydroxylation is 1. The van der Waals surface area contributed by atoms with Crippen molar-refractivity contribution >= 4 is 0 Å². The van der Waals surface area contributed by atoms with Gasteiger partial charge in [-0.3, -0.25) is 10.1 Å². The van der Waals surface area contributed by atoms with E-state index in [0.29, 0.717) is 0 Å². The molecule has 3 rings (SSSR count). The van der Waals surface area contributed by atoms with Crippen LogP contribution in [-0.4, -0.2) is 15.2 Å². The summed E-state index contributed by atoms with van der Waals surface area (Å²) in [7, 11) is 0. The fraction of sp³-hybridized carbons (Fsp3) is 0.176. The Morgan fingerprint density at radius 1 is 1.05 bits per heavy atom. The summed E-state index contributed by atoms with van der Waals surface area (Å²) in [6.07, 6.45) is 3.69. The predicted octanol–water partition coefficient (Wildman–Crippen LogP) is 3.07. The van der Waals surface area contributed by atoms with Crippen LogP contribution in [0.3, 0.4) is 0 Å². The Bertz CT molecular complexity index is 686. The number of benzene rings is 1. The van der Waals surface area contributed by atoms with Gasteiger partial charge in [0.1, 0.15) is 0 Å². The molecule has 1 aromatic carbocycles. The summed E-state index contributed by atoms with van der Waals surface area (Å²) < 4.78 is 0. The smallest absolute Gasteiger partial charge is 0.0695 e. The van der Waals surface area contributed by atoms with Gasteiger partial charge >= 0.3 is 0 Å². The topological polar surface area (TPSA) is 53.6 Å². The number of H-pyrrole nitrogens is 1. The second-order valence-electron chi connectivity index (χ2n) is 5.06. The quantitative estimate of drug-likeness (QED) is 0.754. The monoisotopic (exact) mass is 278 g/mol. The van der Waals surface area contributed by atoms with Crippen LogP contribution in [0.25, 0.3) is 11.3 Å². The standard InChI is InChI=1S/C17H18N4/c1-13-5-7-14(8-6-13)17-15(11-20-21-17)10-18-12-16-4-2-3-9-19-16/h2-9,11,18H,10,12H2,1H3,(H,20,21). The first-order valence-corrected chi connectivity index (χ1v) is 7.03. The molecule has 0 aliphatic heterocycles. The third kappa shape index (κ3) is 3.35. The van der Waals surface area contributed by atoms with Gasteiger partial charge in [-0.05, 0) is 24.6 Å². The summed E-state index contributed by atoms with van der Waals surface area (Å²) in [6.45, 7) is 3.60. The highest BCUT2D eigenvalue weighted by molar-refractivity contribution is 5.62. The Morgan fingerprint density at radius 2 is 1.90 bits per heavy atom. The van der Waals surface area contributed by atoms with Gasteiger partial charge in [-0.15, -0.1) is 0 Å². The zero-order chi connectivity index (χ0) is 14.5. The van der Waals surface area contributed by atoms with Gasteiger partial charge in [0.25, 0.3) is 0 Å². The van der Waals surface area contributed by atoms with Crippen molar-refractivity contribution in [3.63, 3.8) is 0 Å². The van der Waals surface area contributed by atoms with E-state index in [4.69, 9.17) is 0 Å². The minimum absolute atomic E-state index is 0.749. The third-order valence-electron chi connectivity index (χ3n) is 3.41. The molecule has 106 valence electrons. The van der Waals surface area contributed by atoms with Crippen LogP contribution in [0.4, 0.5) is 0 Å². The molecule has 0 radical (unpaired) electrons. The summed E-state index contributed by atoms with van der Waals surface area (Å²) in [4.78, 5) is 4.30. The summed E-state index contributed by atoms with van der Waals surface area (Å²) in [5.74, 6) is 0. The summed E-state index contributed by atoms with van der Waals surface area (Å²) in [5, 5.41) is 10.7. The molecule has 2 heterocycles. The number of hydrogen-bond acceptors (Lipinski definition) is 3. The number of nitrogens with one attached hydrogen (secondary N) is 2. The van der Waals surface area contributed by atoms with E-state index in [1.54, 1.807) is 0 Å². The molecule has 0 aliphatic rings. The Balaban J connectivity index is 1.67. The van der Waals surface area contributed by atoms with Crippen molar-refractivity contribution in [2.75, 3.05) is 0 Å². The van der Waals surface area contributed by atoms with Crippen LogP contribution in [0.15, 0.2) is 54.9 Å². The average Bonchev–Trinajstić information content (AvgIpc) is 2.98. The highest BCUT2D eigenvalue weighted by Crippen LogP contribution is 2.21. The molecular formula is C17H18N4. The second-order valence-corrected chi connectivity index (χ2v) is 5.06. The fourth-order valence-corrected chi connectivity index (χ4v) is 2.24. The maximum Gasteiger partial charge on any atom is 0.0695 e. The molecule has 0 saturated carbocycles. The number of hydrogen-bond donors (Lipinski definition) is 2. The lowest BCUT2D eigenvalue weighted by Gasteiger charge is -2.06. The molecule has 2 aromatic heterocycles. The molecule has 0 saturated heterocycles. The van der Waals surface area contributed by atoms with Gasteiger partial charge in [0.15, 0.2) is 0 Å². The number of nitrogens with zero attached hydrogens (tertiary/aromatic N) is 2. The van der Waals surface area contributed by atoms with Crippen LogP contribution in [0, 0.1) is 6.92 Å². The zero-order valence-corrected chi connectivity index (χ0v) is 12.0. The van der Waals surface area contributed by atoms with E-state index in [-0.39, 0.29) is 0 Å². The molecule has 0 spiro atoms. The minimum atomic E-state index is 0.749. The van der Waals surface area contributed by atoms with Gasteiger partial charge in [-0.25, -0.2) is 0 Å². The molecular weight excluding hydrogens is 260 g/mol. The lowest BCUT2D eigenvalue weighted by atomic mass is 10.1. The van der Waals surface area contributed by atoms with Crippen molar-refractivity contribution in [1.82, 2.24) is 20.5 Å². The molecule has 3 aromatic rings. The Kier molecular flexibility index (Phi) is 4.07. The molecule has 0 aliphatic carbocycles. The Morgan fingerprint density at radius 3 is 2.67 bits per heavy atom. The molecule has 4 nitrogen and oxygen atoms in total. The van der Waals surface area contributed by atoms with Crippen LogP contribution in [0.1, 0.15) is 16.8 Å². The molecule has 4 heteroatoms. The van der Waals surface area contributed by atoms with Gasteiger partial charge in [0.2, 0.25) is 0 Å². The lowest BCUT2D eigenvalue weighted by molar-refractivity contribution is 0.681. The SMILES string of the molecule is Cc1ccc(-c2[nH]ncc2CNCc2ccccn2)cc1. The number of aromatic nitrogens is 3. The highest BCUT2D eigenvalue weighted by Gasteiger charge is 2.07. The molecule has 0 unspecified atom stereocenters. The van der Waals surface area contributed by atoms with Gasteiger partial charge in [0.05, 0.1) is 17.6 Å². The maximum atomic E-state index is 4.30. The van der Waals surface area contributed by atoms with Crippen LogP contribution in [-0.2, 0) is 13.1 Å². The average molecular weight is 278 g/mol. The number of rotatable bonds is 5. The van der Waals surface area contributed by atoms with Crippen molar-refractivity contribution in [2.24, 2.45) is 0 Å². The number of pyridine rings is 1. The highest BCUT2D eigenvalue weighted by atomic mass is 15.1. The lowest BCUT2D eigenvalue weighted by Crippen LogP contribution is -2.13. The first-order chi connectivity index (χ1) is 10.3. The fourth-order valence-electron chi connectivity index (χ4n) is 2.24. The third-order valence-corrected chi connectivity index (χ3v) is 3.41. The van der Waals surface area contributed by atoms with E-state index in [1.165, 1.54) is 5.56 Å². The van der Waals surface area contributed by atoms with Gasteiger partial charge in [0, 0.05) is 24.8 Å². The zero-order valence-electron chi connectivity index (χ0n) is 12.0. The van der Waals surface area contributed by atoms with Crippen LogP contribution < -0.4 is 5.32 Å². The predicted molar refractivity (Wildman–Crippen MR) is 83.5 cm³/mol. The van der Waals surface area contributed by atoms with Gasteiger partial charge < -0.3 is 5.32 Å². The van der Waals surface area contributed by atoms with Crippen molar-refractivity contribution in [2.45, 2.75) is 20.0 Å². The van der Waals surface area contributed by atoms with Crippen LogP contribution >= 0.6 is 0 Å². The van der Waals surface area contributed by atoms with Crippen molar-refractivity contribution in [3.05, 3.63) is 71.7 Å². The number of aromatic amines is 1. The van der Waals surface area contributed by atoms with Crippen molar-refractivity contribution in [3.8, 4) is 11.3 Å². The van der Waals surface area contributed by atoms with E-state index >= 15 is 0 Å². The maximum absolute atomic E-state index is 4.30. The Labute approximate surface area is 124 Å². The molecule has 0 fully saturated rings. The minimum Gasteiger partial charge on any atom is -0.307 e. The Hall–Kier alpha value is -2.46. The van der Waals surface area contributed by atoms with E-state index < -0.39 is 0 Å².